The molecule has 0 spiro atoms. The van der Waals surface area contributed by atoms with Crippen molar-refractivity contribution in [1.29, 1.82) is 0 Å². The molecule has 17 heavy (non-hydrogen) atoms. The lowest BCUT2D eigenvalue weighted by Crippen LogP contribution is -2.16. The van der Waals surface area contributed by atoms with E-state index in [0.29, 0.717) is 5.52 Å². The highest BCUT2D eigenvalue weighted by Crippen LogP contribution is 2.25. The third-order valence-electron chi connectivity index (χ3n) is 2.73. The molecule has 0 aliphatic carbocycles. The Morgan fingerprint density at radius 2 is 2.00 bits per heavy atom. The van der Waals surface area contributed by atoms with Crippen molar-refractivity contribution in [3.05, 3.63) is 35.4 Å². The average Bonchev–Trinajstić information content (AvgIpc) is 2.57. The topological polar surface area (TPSA) is 54.6 Å². The third kappa shape index (κ3) is 1.79. The first-order chi connectivity index (χ1) is 7.82. The Bertz CT molecular complexity index is 591. The molecule has 2 aromatic rings. The molecule has 90 valence electrons. The fourth-order valence-electron chi connectivity index (χ4n) is 1.96. The second kappa shape index (κ2) is 3.58. The highest BCUT2D eigenvalue weighted by molar-refractivity contribution is 5.93. The molecular formula is C13H16N2O2. The van der Waals surface area contributed by atoms with Crippen LogP contribution in [0.5, 0.6) is 0 Å². The lowest BCUT2D eigenvalue weighted by molar-refractivity contribution is 0.0693. The molecule has 4 heteroatoms. The fourth-order valence-corrected chi connectivity index (χ4v) is 1.96. The van der Waals surface area contributed by atoms with Crippen LogP contribution in [-0.2, 0) is 5.41 Å². The first kappa shape index (κ1) is 11.6. The van der Waals surface area contributed by atoms with Gasteiger partial charge in [0.05, 0.1) is 5.52 Å². The molecule has 0 radical (unpaired) electrons. The molecule has 0 bridgehead atoms. The minimum absolute atomic E-state index is 0.124. The van der Waals surface area contributed by atoms with Gasteiger partial charge in [0.2, 0.25) is 0 Å². The summed E-state index contributed by atoms with van der Waals surface area (Å²) in [7, 11) is 0. The number of hydrogen-bond acceptors (Lipinski definition) is 2. The van der Waals surface area contributed by atoms with Crippen molar-refractivity contribution in [2.24, 2.45) is 0 Å². The molecule has 0 saturated carbocycles. The monoisotopic (exact) mass is 232 g/mol. The summed E-state index contributed by atoms with van der Waals surface area (Å²) in [5.41, 5.74) is 1.58. The van der Waals surface area contributed by atoms with E-state index in [9.17, 15) is 9.90 Å². The van der Waals surface area contributed by atoms with Crippen LogP contribution in [0.4, 0.5) is 0 Å². The maximum absolute atomic E-state index is 11.2. The number of pyridine rings is 1. The molecule has 2 heterocycles. The van der Waals surface area contributed by atoms with E-state index >= 15 is 0 Å². The van der Waals surface area contributed by atoms with Crippen molar-refractivity contribution < 1.29 is 9.90 Å². The van der Waals surface area contributed by atoms with Crippen LogP contribution in [0.1, 0.15) is 42.8 Å². The van der Waals surface area contributed by atoms with E-state index in [2.05, 4.69) is 4.98 Å². The lowest BCUT2D eigenvalue weighted by Gasteiger charge is -2.17. The number of nitrogens with zero attached hydrogens (tertiary/aromatic N) is 2. The summed E-state index contributed by atoms with van der Waals surface area (Å²) in [6, 6.07) is 5.60. The Morgan fingerprint density at radius 1 is 1.35 bits per heavy atom. The number of aryl methyl sites for hydroxylation is 1. The van der Waals surface area contributed by atoms with Gasteiger partial charge >= 0.3 is 5.97 Å². The van der Waals surface area contributed by atoms with E-state index in [0.717, 1.165) is 11.5 Å². The van der Waals surface area contributed by atoms with Gasteiger partial charge in [0.25, 0.3) is 0 Å². The van der Waals surface area contributed by atoms with Crippen LogP contribution in [-0.4, -0.2) is 20.5 Å². The van der Waals surface area contributed by atoms with Crippen molar-refractivity contribution in [1.82, 2.24) is 9.38 Å². The van der Waals surface area contributed by atoms with E-state index < -0.39 is 5.97 Å². The molecule has 0 aromatic carbocycles. The zero-order chi connectivity index (χ0) is 12.8. The fraction of sp³-hybridized carbons (Fsp3) is 0.385. The predicted octanol–water partition coefficient (Wildman–Crippen LogP) is 2.64. The van der Waals surface area contributed by atoms with Gasteiger partial charge in [-0.1, -0.05) is 26.8 Å². The van der Waals surface area contributed by atoms with Crippen molar-refractivity contribution in [2.75, 3.05) is 0 Å². The van der Waals surface area contributed by atoms with Crippen LogP contribution in [0.25, 0.3) is 5.52 Å². The van der Waals surface area contributed by atoms with E-state index in [-0.39, 0.29) is 11.1 Å². The van der Waals surface area contributed by atoms with Crippen LogP contribution in [0.15, 0.2) is 18.2 Å². The average molecular weight is 232 g/mol. The van der Waals surface area contributed by atoms with Gasteiger partial charge in [-0.15, -0.1) is 0 Å². The summed E-state index contributed by atoms with van der Waals surface area (Å²) in [6.07, 6.45) is 0. The third-order valence-corrected chi connectivity index (χ3v) is 2.73. The minimum Gasteiger partial charge on any atom is -0.476 e. The van der Waals surface area contributed by atoms with Crippen LogP contribution < -0.4 is 0 Å². The summed E-state index contributed by atoms with van der Waals surface area (Å²) < 4.78 is 1.92. The molecule has 1 N–H and O–H groups in total. The number of imidazole rings is 1. The van der Waals surface area contributed by atoms with Gasteiger partial charge in [-0.25, -0.2) is 9.78 Å². The second-order valence-corrected chi connectivity index (χ2v) is 5.23. The van der Waals surface area contributed by atoms with Gasteiger partial charge in [-0.3, -0.25) is 4.40 Å². The summed E-state index contributed by atoms with van der Waals surface area (Å²) in [5.74, 6) is -0.202. The van der Waals surface area contributed by atoms with Gasteiger partial charge in [-0.05, 0) is 19.1 Å². The van der Waals surface area contributed by atoms with Crippen molar-refractivity contribution in [3.63, 3.8) is 0 Å². The van der Waals surface area contributed by atoms with Crippen molar-refractivity contribution in [3.8, 4) is 0 Å². The molecule has 0 unspecified atom stereocenters. The summed E-state index contributed by atoms with van der Waals surface area (Å²) in [4.78, 5) is 15.5. The van der Waals surface area contributed by atoms with Gasteiger partial charge in [0.15, 0.2) is 5.69 Å². The lowest BCUT2D eigenvalue weighted by atomic mass is 9.96. The standard InChI is InChI=1S/C13H16N2O2/c1-8-6-5-7-9-10(11(16)17)14-12(15(8)9)13(2,3)4/h5-7H,1-4H3,(H,16,17). The number of aromatic carboxylic acids is 1. The zero-order valence-electron chi connectivity index (χ0n) is 10.5. The molecular weight excluding hydrogens is 216 g/mol. The van der Waals surface area contributed by atoms with Crippen LogP contribution in [0, 0.1) is 6.92 Å². The molecule has 0 aliphatic rings. The molecule has 0 amide bonds. The van der Waals surface area contributed by atoms with Crippen LogP contribution >= 0.6 is 0 Å². The molecule has 2 aromatic heterocycles. The van der Waals surface area contributed by atoms with Crippen molar-refractivity contribution in [2.45, 2.75) is 33.1 Å². The first-order valence-corrected chi connectivity index (χ1v) is 5.54. The summed E-state index contributed by atoms with van der Waals surface area (Å²) in [5, 5.41) is 9.18. The van der Waals surface area contributed by atoms with Crippen LogP contribution in [0.2, 0.25) is 0 Å². The Kier molecular flexibility index (Phi) is 2.45. The molecule has 0 fully saturated rings. The summed E-state index contributed by atoms with van der Waals surface area (Å²) >= 11 is 0. The Hall–Kier alpha value is -1.84. The van der Waals surface area contributed by atoms with E-state index in [1.54, 1.807) is 6.07 Å². The molecule has 2 rings (SSSR count). The smallest absolute Gasteiger partial charge is 0.356 e. The number of fused-ring (bicyclic) bond motifs is 1. The van der Waals surface area contributed by atoms with Crippen molar-refractivity contribution >= 4 is 11.5 Å². The quantitative estimate of drug-likeness (QED) is 0.822. The molecule has 4 nitrogen and oxygen atoms in total. The predicted molar refractivity (Wildman–Crippen MR) is 65.6 cm³/mol. The zero-order valence-corrected chi connectivity index (χ0v) is 10.5. The Morgan fingerprint density at radius 3 is 2.53 bits per heavy atom. The molecule has 0 atom stereocenters. The van der Waals surface area contributed by atoms with Crippen LogP contribution in [0.3, 0.4) is 0 Å². The normalized spacial score (nSPS) is 12.0. The first-order valence-electron chi connectivity index (χ1n) is 5.54. The second-order valence-electron chi connectivity index (χ2n) is 5.23. The number of aromatic nitrogens is 2. The van der Waals surface area contributed by atoms with E-state index in [4.69, 9.17) is 0 Å². The van der Waals surface area contributed by atoms with Gasteiger partial charge < -0.3 is 5.11 Å². The minimum atomic E-state index is -0.983. The number of hydrogen-bond donors (Lipinski definition) is 1. The van der Waals surface area contributed by atoms with E-state index in [1.165, 1.54) is 0 Å². The molecule has 0 saturated heterocycles. The highest BCUT2D eigenvalue weighted by Gasteiger charge is 2.25. The van der Waals surface area contributed by atoms with E-state index in [1.807, 2.05) is 44.2 Å². The number of rotatable bonds is 1. The van der Waals surface area contributed by atoms with Gasteiger partial charge in [0.1, 0.15) is 5.82 Å². The Balaban J connectivity index is 2.91. The highest BCUT2D eigenvalue weighted by atomic mass is 16.4. The molecule has 0 aliphatic heterocycles. The number of carboxylic acids is 1. The number of carboxylic acid groups (broad SMARTS) is 1. The summed E-state index contributed by atoms with van der Waals surface area (Å²) in [6.45, 7) is 8.04. The number of carbonyl (C=O) groups is 1. The Labute approximate surface area is 99.9 Å². The van der Waals surface area contributed by atoms with Gasteiger partial charge in [0, 0.05) is 11.1 Å². The van der Waals surface area contributed by atoms with Gasteiger partial charge in [-0.2, -0.15) is 0 Å². The maximum atomic E-state index is 11.2. The maximum Gasteiger partial charge on any atom is 0.356 e. The largest absolute Gasteiger partial charge is 0.476 e. The SMILES string of the molecule is Cc1cccc2c(C(=O)O)nc(C(C)(C)C)n12.